The molecule has 3 N–H and O–H groups in total. The van der Waals surface area contributed by atoms with Crippen molar-refractivity contribution in [2.75, 3.05) is 6.54 Å². The van der Waals surface area contributed by atoms with Crippen LogP contribution in [-0.4, -0.2) is 33.9 Å². The number of carbonyl (C=O) groups excluding carboxylic acids is 3. The molecule has 3 aromatic rings. The summed E-state index contributed by atoms with van der Waals surface area (Å²) in [5, 5.41) is 7.38. The van der Waals surface area contributed by atoms with E-state index in [2.05, 4.69) is 20.9 Å². The molecule has 0 bridgehead atoms. The average molecular weight is 457 g/mol. The molecule has 1 fully saturated rings. The Morgan fingerprint density at radius 3 is 2.39 bits per heavy atom. The molecule has 4 amide bonds. The minimum absolute atomic E-state index is 0.196. The van der Waals surface area contributed by atoms with Crippen molar-refractivity contribution in [1.82, 2.24) is 25.5 Å². The summed E-state index contributed by atoms with van der Waals surface area (Å²) in [7, 11) is 1.64. The van der Waals surface area contributed by atoms with Gasteiger partial charge in [-0.3, -0.25) is 14.9 Å². The fourth-order valence-electron chi connectivity index (χ4n) is 3.74. The lowest BCUT2D eigenvalue weighted by molar-refractivity contribution is -0.137. The predicted octanol–water partition coefficient (Wildman–Crippen LogP) is 2.57. The SMILES string of the molecule is Cn1cncc1C1(CNC(=O)c2ccccc2-c2ccc(C(F)(F)F)cc2)NC(=O)NC1=O. The molecule has 170 valence electrons. The first kappa shape index (κ1) is 22.1. The number of alkyl halides is 3. The molecular weight excluding hydrogens is 439 g/mol. The molecule has 0 radical (unpaired) electrons. The molecule has 8 nitrogen and oxygen atoms in total. The van der Waals surface area contributed by atoms with Gasteiger partial charge in [-0.05, 0) is 29.3 Å². The number of benzene rings is 2. The molecule has 4 rings (SSSR count). The van der Waals surface area contributed by atoms with Crippen LogP contribution in [0.25, 0.3) is 11.1 Å². The van der Waals surface area contributed by atoms with Crippen LogP contribution in [0.5, 0.6) is 0 Å². The third-order valence-corrected chi connectivity index (χ3v) is 5.40. The highest BCUT2D eigenvalue weighted by molar-refractivity contribution is 6.08. The maximum Gasteiger partial charge on any atom is 0.416 e. The minimum Gasteiger partial charge on any atom is -0.349 e. The lowest BCUT2D eigenvalue weighted by Crippen LogP contribution is -2.53. The summed E-state index contributed by atoms with van der Waals surface area (Å²) in [4.78, 5) is 41.5. The number of urea groups is 1. The van der Waals surface area contributed by atoms with Gasteiger partial charge < -0.3 is 15.2 Å². The van der Waals surface area contributed by atoms with Gasteiger partial charge in [0.2, 0.25) is 0 Å². The first-order valence-electron chi connectivity index (χ1n) is 9.77. The van der Waals surface area contributed by atoms with Gasteiger partial charge in [-0.25, -0.2) is 9.78 Å². The van der Waals surface area contributed by atoms with Gasteiger partial charge in [0.05, 0.1) is 30.3 Å². The molecule has 0 spiro atoms. The second kappa shape index (κ2) is 8.08. The van der Waals surface area contributed by atoms with E-state index >= 15 is 0 Å². The van der Waals surface area contributed by atoms with Crippen molar-refractivity contribution in [3.8, 4) is 11.1 Å². The van der Waals surface area contributed by atoms with E-state index in [0.29, 0.717) is 16.8 Å². The number of imide groups is 1. The van der Waals surface area contributed by atoms with Crippen LogP contribution in [0.1, 0.15) is 21.6 Å². The molecule has 33 heavy (non-hydrogen) atoms. The molecule has 0 saturated carbocycles. The van der Waals surface area contributed by atoms with Crippen LogP contribution in [0.2, 0.25) is 0 Å². The Bertz CT molecular complexity index is 1240. The van der Waals surface area contributed by atoms with Crippen LogP contribution < -0.4 is 16.0 Å². The number of aryl methyl sites for hydroxylation is 1. The van der Waals surface area contributed by atoms with Gasteiger partial charge in [0, 0.05) is 12.6 Å². The fourth-order valence-corrected chi connectivity index (χ4v) is 3.74. The summed E-state index contributed by atoms with van der Waals surface area (Å²) in [6.45, 7) is -0.274. The van der Waals surface area contributed by atoms with Crippen molar-refractivity contribution < 1.29 is 27.6 Å². The summed E-state index contributed by atoms with van der Waals surface area (Å²) in [6, 6.07) is 10.2. The number of amides is 4. The molecule has 1 saturated heterocycles. The standard InChI is InChI=1S/C22H18F3N5O3/c1-30-12-26-10-17(30)21(19(32)28-20(33)29-21)11-27-18(31)16-5-3-2-4-15(16)13-6-8-14(9-7-13)22(23,24)25/h2-10,12H,11H2,1H3,(H,27,31)(H2,28,29,32,33). The number of aromatic nitrogens is 2. The van der Waals surface area contributed by atoms with E-state index in [0.717, 1.165) is 12.1 Å². The zero-order chi connectivity index (χ0) is 23.8. The van der Waals surface area contributed by atoms with Crippen molar-refractivity contribution in [3.63, 3.8) is 0 Å². The van der Waals surface area contributed by atoms with Crippen LogP contribution in [0.15, 0.2) is 61.1 Å². The number of imidazole rings is 1. The number of halogens is 3. The molecule has 1 aromatic heterocycles. The monoisotopic (exact) mass is 457 g/mol. The summed E-state index contributed by atoms with van der Waals surface area (Å²) in [6.07, 6.45) is -1.61. The number of rotatable bonds is 5. The Hall–Kier alpha value is -4.15. The number of hydrogen-bond acceptors (Lipinski definition) is 4. The van der Waals surface area contributed by atoms with E-state index in [1.165, 1.54) is 30.7 Å². The summed E-state index contributed by atoms with van der Waals surface area (Å²) < 4.78 is 40.2. The Kier molecular flexibility index (Phi) is 5.40. The zero-order valence-electron chi connectivity index (χ0n) is 17.2. The summed E-state index contributed by atoms with van der Waals surface area (Å²) in [5.74, 6) is -1.21. The van der Waals surface area contributed by atoms with Gasteiger partial charge in [-0.2, -0.15) is 13.2 Å². The third kappa shape index (κ3) is 4.04. The van der Waals surface area contributed by atoms with Crippen LogP contribution in [-0.2, 0) is 23.6 Å². The highest BCUT2D eigenvalue weighted by Gasteiger charge is 2.49. The Morgan fingerprint density at radius 2 is 1.82 bits per heavy atom. The second-order valence-electron chi connectivity index (χ2n) is 7.51. The topological polar surface area (TPSA) is 105 Å². The molecular formula is C22H18F3N5O3. The molecule has 11 heteroatoms. The second-order valence-corrected chi connectivity index (χ2v) is 7.51. The Labute approximate surface area is 185 Å². The van der Waals surface area contributed by atoms with Crippen molar-refractivity contribution in [3.05, 3.63) is 77.9 Å². The first-order chi connectivity index (χ1) is 15.6. The van der Waals surface area contributed by atoms with Gasteiger partial charge in [-0.15, -0.1) is 0 Å². The van der Waals surface area contributed by atoms with Crippen LogP contribution in [0, 0.1) is 0 Å². The molecule has 1 aliphatic heterocycles. The lowest BCUT2D eigenvalue weighted by Gasteiger charge is -2.26. The van der Waals surface area contributed by atoms with Gasteiger partial charge >= 0.3 is 12.2 Å². The average Bonchev–Trinajstić information content (AvgIpc) is 3.34. The first-order valence-corrected chi connectivity index (χ1v) is 9.77. The quantitative estimate of drug-likeness (QED) is 0.512. The molecule has 0 aliphatic carbocycles. The van der Waals surface area contributed by atoms with Crippen molar-refractivity contribution in [2.24, 2.45) is 7.05 Å². The molecule has 1 unspecified atom stereocenters. The fraction of sp³-hybridized carbons (Fsp3) is 0.182. The highest BCUT2D eigenvalue weighted by atomic mass is 19.4. The smallest absolute Gasteiger partial charge is 0.349 e. The van der Waals surface area contributed by atoms with E-state index in [4.69, 9.17) is 0 Å². The normalized spacial score (nSPS) is 18.1. The van der Waals surface area contributed by atoms with E-state index in [1.807, 2.05) is 0 Å². The van der Waals surface area contributed by atoms with E-state index in [-0.39, 0.29) is 12.1 Å². The Morgan fingerprint density at radius 1 is 1.12 bits per heavy atom. The third-order valence-electron chi connectivity index (χ3n) is 5.40. The van der Waals surface area contributed by atoms with Crippen LogP contribution in [0.4, 0.5) is 18.0 Å². The maximum atomic E-state index is 13.0. The van der Waals surface area contributed by atoms with Crippen LogP contribution >= 0.6 is 0 Å². The number of hydrogen-bond donors (Lipinski definition) is 3. The van der Waals surface area contributed by atoms with E-state index in [9.17, 15) is 27.6 Å². The predicted molar refractivity (Wildman–Crippen MR) is 111 cm³/mol. The molecule has 1 aliphatic rings. The van der Waals surface area contributed by atoms with E-state index < -0.39 is 35.1 Å². The van der Waals surface area contributed by atoms with Crippen molar-refractivity contribution in [1.29, 1.82) is 0 Å². The van der Waals surface area contributed by atoms with Crippen molar-refractivity contribution >= 4 is 17.8 Å². The van der Waals surface area contributed by atoms with Crippen LogP contribution in [0.3, 0.4) is 0 Å². The summed E-state index contributed by atoms with van der Waals surface area (Å²) >= 11 is 0. The highest BCUT2D eigenvalue weighted by Crippen LogP contribution is 2.32. The van der Waals surface area contributed by atoms with Crippen molar-refractivity contribution in [2.45, 2.75) is 11.7 Å². The van der Waals surface area contributed by atoms with Gasteiger partial charge in [0.1, 0.15) is 0 Å². The molecule has 2 aromatic carbocycles. The number of nitrogens with zero attached hydrogens (tertiary/aromatic N) is 2. The summed E-state index contributed by atoms with van der Waals surface area (Å²) in [5.41, 5.74) is -0.972. The lowest BCUT2D eigenvalue weighted by atomic mass is 9.94. The zero-order valence-corrected chi connectivity index (χ0v) is 17.2. The van der Waals surface area contributed by atoms with E-state index in [1.54, 1.807) is 29.8 Å². The number of nitrogens with one attached hydrogen (secondary N) is 3. The maximum absolute atomic E-state index is 13.0. The van der Waals surface area contributed by atoms with Gasteiger partial charge in [0.15, 0.2) is 5.54 Å². The minimum atomic E-state index is -4.47. The van der Waals surface area contributed by atoms with Gasteiger partial charge in [0.25, 0.3) is 11.8 Å². The largest absolute Gasteiger partial charge is 0.416 e. The molecule has 1 atom stereocenters. The molecule has 2 heterocycles. The van der Waals surface area contributed by atoms with Gasteiger partial charge in [-0.1, -0.05) is 30.3 Å². The Balaban J connectivity index is 1.61. The number of carbonyl (C=O) groups is 3.